The van der Waals surface area contributed by atoms with Crippen molar-refractivity contribution in [2.75, 3.05) is 0 Å². The maximum absolute atomic E-state index is 13.5. The van der Waals surface area contributed by atoms with Gasteiger partial charge in [0.05, 0.1) is 0 Å². The molecule has 0 amide bonds. The van der Waals surface area contributed by atoms with Gasteiger partial charge < -0.3 is 0 Å². The van der Waals surface area contributed by atoms with E-state index in [4.69, 9.17) is 0 Å². The second kappa shape index (κ2) is 7.92. The SMILES string of the molecule is O=C1c2cccc(-c3ccccc3)c2C(=O)c2cccc(-c3ccccc3)c21.[NaH]. The fraction of sp³-hybridized carbons (Fsp3) is 0. The number of benzene rings is 4. The van der Waals surface area contributed by atoms with Crippen molar-refractivity contribution in [3.05, 3.63) is 119 Å². The molecule has 0 saturated carbocycles. The first-order valence-electron chi connectivity index (χ1n) is 9.22. The van der Waals surface area contributed by atoms with Gasteiger partial charge in [-0.25, -0.2) is 0 Å². The van der Waals surface area contributed by atoms with Crippen LogP contribution >= 0.6 is 0 Å². The molecule has 2 nitrogen and oxygen atoms in total. The van der Waals surface area contributed by atoms with E-state index < -0.39 is 0 Å². The summed E-state index contributed by atoms with van der Waals surface area (Å²) in [7, 11) is 0. The molecule has 0 aromatic heterocycles. The topological polar surface area (TPSA) is 34.1 Å². The van der Waals surface area contributed by atoms with Gasteiger partial charge >= 0.3 is 29.6 Å². The van der Waals surface area contributed by atoms with E-state index in [1.807, 2.05) is 84.9 Å². The summed E-state index contributed by atoms with van der Waals surface area (Å²) in [5.74, 6) is -0.191. The van der Waals surface area contributed by atoms with Crippen molar-refractivity contribution >= 4 is 41.1 Å². The molecule has 5 rings (SSSR count). The quantitative estimate of drug-likeness (QED) is 0.395. The molecule has 0 bridgehead atoms. The average molecular weight is 384 g/mol. The average Bonchev–Trinajstić information content (AvgIpc) is 2.77. The summed E-state index contributed by atoms with van der Waals surface area (Å²) in [4.78, 5) is 27.0. The van der Waals surface area contributed by atoms with E-state index in [-0.39, 0.29) is 41.1 Å². The standard InChI is InChI=1S/C26H16O2.Na.H/c27-25-22-16-8-14-20(18-11-5-2-6-12-18)24(22)26(28)21-15-7-13-19(23(21)25)17-9-3-1-4-10-17;;/h1-16H;;. The van der Waals surface area contributed by atoms with Crippen molar-refractivity contribution in [2.24, 2.45) is 0 Å². The number of hydrogen-bond acceptors (Lipinski definition) is 2. The van der Waals surface area contributed by atoms with Crippen LogP contribution in [-0.4, -0.2) is 41.1 Å². The fourth-order valence-corrected chi connectivity index (χ4v) is 3.96. The van der Waals surface area contributed by atoms with Crippen LogP contribution < -0.4 is 0 Å². The van der Waals surface area contributed by atoms with Gasteiger partial charge in [0.15, 0.2) is 11.6 Å². The molecule has 0 fully saturated rings. The van der Waals surface area contributed by atoms with E-state index in [0.717, 1.165) is 22.3 Å². The predicted molar refractivity (Wildman–Crippen MR) is 118 cm³/mol. The van der Waals surface area contributed by atoms with Gasteiger partial charge in [0, 0.05) is 22.3 Å². The molecule has 0 unspecified atom stereocenters. The van der Waals surface area contributed by atoms with Gasteiger partial charge in [0.1, 0.15) is 0 Å². The summed E-state index contributed by atoms with van der Waals surface area (Å²) in [6, 6.07) is 30.5. The van der Waals surface area contributed by atoms with Crippen LogP contribution in [0.5, 0.6) is 0 Å². The zero-order chi connectivity index (χ0) is 19.1. The Morgan fingerprint density at radius 2 is 0.724 bits per heavy atom. The van der Waals surface area contributed by atoms with Crippen LogP contribution in [0.15, 0.2) is 97.1 Å². The van der Waals surface area contributed by atoms with Crippen LogP contribution in [0.3, 0.4) is 0 Å². The molecule has 0 atom stereocenters. The molecule has 0 N–H and O–H groups in total. The van der Waals surface area contributed by atoms with E-state index in [1.165, 1.54) is 0 Å². The fourth-order valence-electron chi connectivity index (χ4n) is 3.96. The third kappa shape index (κ3) is 3.20. The second-order valence-corrected chi connectivity index (χ2v) is 6.85. The molecule has 4 aromatic carbocycles. The predicted octanol–water partition coefficient (Wildman–Crippen LogP) is 5.15. The van der Waals surface area contributed by atoms with Gasteiger partial charge in [-0.2, -0.15) is 0 Å². The van der Waals surface area contributed by atoms with Crippen molar-refractivity contribution < 1.29 is 9.59 Å². The third-order valence-electron chi connectivity index (χ3n) is 5.24. The monoisotopic (exact) mass is 384 g/mol. The summed E-state index contributed by atoms with van der Waals surface area (Å²) < 4.78 is 0. The van der Waals surface area contributed by atoms with Crippen LogP contribution in [0.25, 0.3) is 22.3 Å². The Morgan fingerprint density at radius 1 is 0.379 bits per heavy atom. The van der Waals surface area contributed by atoms with E-state index in [1.54, 1.807) is 12.1 Å². The van der Waals surface area contributed by atoms with Gasteiger partial charge in [-0.05, 0) is 22.3 Å². The van der Waals surface area contributed by atoms with Gasteiger partial charge in [0.25, 0.3) is 0 Å². The molecule has 0 aliphatic heterocycles. The van der Waals surface area contributed by atoms with Crippen LogP contribution in [0, 0.1) is 0 Å². The molecule has 0 heterocycles. The second-order valence-electron chi connectivity index (χ2n) is 6.85. The summed E-state index contributed by atoms with van der Waals surface area (Å²) in [6.45, 7) is 0. The van der Waals surface area contributed by atoms with Crippen LogP contribution in [0.2, 0.25) is 0 Å². The van der Waals surface area contributed by atoms with Crippen molar-refractivity contribution in [1.82, 2.24) is 0 Å². The maximum atomic E-state index is 13.5. The van der Waals surface area contributed by atoms with Crippen LogP contribution in [0.4, 0.5) is 0 Å². The Hall–Kier alpha value is -2.78. The molecule has 0 saturated heterocycles. The van der Waals surface area contributed by atoms with Gasteiger partial charge in [-0.1, -0.05) is 97.1 Å². The molecule has 0 radical (unpaired) electrons. The van der Waals surface area contributed by atoms with Crippen molar-refractivity contribution in [1.29, 1.82) is 0 Å². The zero-order valence-corrected chi connectivity index (χ0v) is 15.1. The molecule has 1 aliphatic rings. The molecule has 4 aromatic rings. The Kier molecular flexibility index (Phi) is 5.33. The first-order valence-corrected chi connectivity index (χ1v) is 9.22. The van der Waals surface area contributed by atoms with Gasteiger partial charge in [-0.3, -0.25) is 9.59 Å². The third-order valence-corrected chi connectivity index (χ3v) is 5.24. The Labute approximate surface area is 191 Å². The van der Waals surface area contributed by atoms with E-state index >= 15 is 0 Å². The molecule has 29 heavy (non-hydrogen) atoms. The number of fused-ring (bicyclic) bond motifs is 2. The van der Waals surface area contributed by atoms with Crippen molar-refractivity contribution in [2.45, 2.75) is 0 Å². The van der Waals surface area contributed by atoms with E-state index in [2.05, 4.69) is 0 Å². The first-order chi connectivity index (χ1) is 13.8. The molecular weight excluding hydrogens is 367 g/mol. The molecular formula is C26H17NaO2. The Bertz CT molecular complexity index is 1130. The number of ketones is 2. The number of hydrogen-bond donors (Lipinski definition) is 0. The minimum atomic E-state index is -0.0955. The van der Waals surface area contributed by atoms with E-state index in [9.17, 15) is 9.59 Å². The Morgan fingerprint density at radius 3 is 1.10 bits per heavy atom. The number of carbonyl (C=O) groups excluding carboxylic acids is 2. The number of rotatable bonds is 2. The van der Waals surface area contributed by atoms with Crippen molar-refractivity contribution in [3.63, 3.8) is 0 Å². The molecule has 0 spiro atoms. The number of carbonyl (C=O) groups is 2. The zero-order valence-electron chi connectivity index (χ0n) is 15.1. The summed E-state index contributed by atoms with van der Waals surface area (Å²) >= 11 is 0. The first kappa shape index (κ1) is 19.5. The van der Waals surface area contributed by atoms with Crippen LogP contribution in [0.1, 0.15) is 31.8 Å². The van der Waals surface area contributed by atoms with Crippen molar-refractivity contribution in [3.8, 4) is 22.3 Å². The summed E-state index contributed by atoms with van der Waals surface area (Å²) in [5.41, 5.74) is 5.41. The van der Waals surface area contributed by atoms with Gasteiger partial charge in [0.2, 0.25) is 0 Å². The molecule has 134 valence electrons. The van der Waals surface area contributed by atoms with Gasteiger partial charge in [-0.15, -0.1) is 0 Å². The molecule has 1 aliphatic carbocycles. The normalized spacial score (nSPS) is 12.0. The summed E-state index contributed by atoms with van der Waals surface area (Å²) in [5, 5.41) is 0. The van der Waals surface area contributed by atoms with E-state index in [0.29, 0.717) is 22.3 Å². The minimum absolute atomic E-state index is 0. The molecule has 3 heteroatoms. The van der Waals surface area contributed by atoms with Crippen LogP contribution in [-0.2, 0) is 0 Å². The summed E-state index contributed by atoms with van der Waals surface area (Å²) in [6.07, 6.45) is 0. The Balaban J connectivity index is 0.00000205.